The lowest BCUT2D eigenvalue weighted by atomic mass is 10.4. The lowest BCUT2D eigenvalue weighted by molar-refractivity contribution is 0.382. The highest BCUT2D eigenvalue weighted by Gasteiger charge is 2.10. The number of imidazole rings is 2. The summed E-state index contributed by atoms with van der Waals surface area (Å²) in [6.07, 6.45) is 3.41. The number of pyridine rings is 2. The fraction of sp³-hybridized carbons (Fsp3) is 0.429. The summed E-state index contributed by atoms with van der Waals surface area (Å²) in [5, 5.41) is 0. The van der Waals surface area contributed by atoms with E-state index in [9.17, 15) is 9.59 Å². The molecule has 0 bridgehead atoms. The van der Waals surface area contributed by atoms with Crippen molar-refractivity contribution >= 4 is 22.3 Å². The lowest BCUT2D eigenvalue weighted by Crippen LogP contribution is -2.27. The van der Waals surface area contributed by atoms with E-state index in [1.54, 1.807) is 33.1 Å². The molecule has 0 aliphatic rings. The number of aryl methyl sites for hydroxylation is 1. The fourth-order valence-electron chi connectivity index (χ4n) is 3.23. The standard InChI is InChI=1S/C11H16N4O.C10H14N4O/c1-13(2)7-8-15-10-9(5-4-6-12-10)14(3)11(15)16;1-13(2)6-7-14-9-8(12-10(14)15)4-3-5-11-9/h4-6H,7-8H2,1-3H3;3-5H,6-7H2,1-2H3,(H,12,15). The maximum atomic E-state index is 12.0. The second-order valence-electron chi connectivity index (χ2n) is 7.90. The fourth-order valence-corrected chi connectivity index (χ4v) is 3.23. The SMILES string of the molecule is CN(C)CCn1c(=O)[nH]c2cccnc21.CN(C)CCn1c(=O)n(C)c2cccnc21. The number of fused-ring (bicyclic) bond motifs is 2. The molecule has 4 aromatic rings. The van der Waals surface area contributed by atoms with Gasteiger partial charge in [-0.3, -0.25) is 13.7 Å². The monoisotopic (exact) mass is 426 g/mol. The van der Waals surface area contributed by atoms with Gasteiger partial charge in [0.1, 0.15) is 0 Å². The molecule has 0 radical (unpaired) electrons. The Labute approximate surface area is 180 Å². The Balaban J connectivity index is 0.000000176. The van der Waals surface area contributed by atoms with Crippen molar-refractivity contribution in [2.75, 3.05) is 41.3 Å². The molecule has 0 aliphatic heterocycles. The van der Waals surface area contributed by atoms with Crippen LogP contribution in [0.5, 0.6) is 0 Å². The molecule has 4 heterocycles. The van der Waals surface area contributed by atoms with E-state index < -0.39 is 0 Å². The molecule has 31 heavy (non-hydrogen) atoms. The van der Waals surface area contributed by atoms with Crippen molar-refractivity contribution in [3.63, 3.8) is 0 Å². The molecule has 10 heteroatoms. The van der Waals surface area contributed by atoms with E-state index in [0.717, 1.165) is 35.4 Å². The van der Waals surface area contributed by atoms with Crippen molar-refractivity contribution in [1.29, 1.82) is 0 Å². The zero-order chi connectivity index (χ0) is 22.5. The van der Waals surface area contributed by atoms with Crippen LogP contribution < -0.4 is 11.4 Å². The third-order valence-corrected chi connectivity index (χ3v) is 4.97. The van der Waals surface area contributed by atoms with Crippen molar-refractivity contribution in [2.24, 2.45) is 7.05 Å². The Hall–Kier alpha value is -3.24. The van der Waals surface area contributed by atoms with Crippen LogP contribution in [0.25, 0.3) is 22.3 Å². The first-order valence-electron chi connectivity index (χ1n) is 10.1. The molecular weight excluding hydrogens is 396 g/mol. The third-order valence-electron chi connectivity index (χ3n) is 4.97. The summed E-state index contributed by atoms with van der Waals surface area (Å²) in [6.45, 7) is 2.97. The minimum Gasteiger partial charge on any atom is -0.308 e. The van der Waals surface area contributed by atoms with E-state index in [1.165, 1.54) is 0 Å². The molecule has 4 rings (SSSR count). The molecule has 0 saturated carbocycles. The van der Waals surface area contributed by atoms with Gasteiger partial charge in [-0.15, -0.1) is 0 Å². The molecule has 0 amide bonds. The maximum absolute atomic E-state index is 12.0. The van der Waals surface area contributed by atoms with E-state index in [1.807, 2.05) is 62.3 Å². The number of aromatic nitrogens is 6. The predicted molar refractivity (Wildman–Crippen MR) is 122 cm³/mol. The minimum atomic E-state index is -0.0921. The van der Waals surface area contributed by atoms with Crippen molar-refractivity contribution in [1.82, 2.24) is 38.5 Å². The number of nitrogens with zero attached hydrogens (tertiary/aromatic N) is 7. The van der Waals surface area contributed by atoms with E-state index in [-0.39, 0.29) is 11.4 Å². The smallest absolute Gasteiger partial charge is 0.308 e. The van der Waals surface area contributed by atoms with Gasteiger partial charge in [0.25, 0.3) is 0 Å². The number of nitrogens with one attached hydrogen (secondary N) is 1. The molecule has 1 N–H and O–H groups in total. The number of aromatic amines is 1. The first-order chi connectivity index (χ1) is 14.8. The second-order valence-corrected chi connectivity index (χ2v) is 7.90. The molecule has 0 unspecified atom stereocenters. The quantitative estimate of drug-likeness (QED) is 0.485. The van der Waals surface area contributed by atoms with Crippen LogP contribution in [-0.2, 0) is 20.1 Å². The van der Waals surface area contributed by atoms with Gasteiger partial charge in [-0.05, 0) is 52.5 Å². The summed E-state index contributed by atoms with van der Waals surface area (Å²) in [5.74, 6) is 0. The molecule has 0 saturated heterocycles. The van der Waals surface area contributed by atoms with Gasteiger partial charge in [-0.25, -0.2) is 19.6 Å². The van der Waals surface area contributed by atoms with Crippen molar-refractivity contribution in [3.05, 3.63) is 57.6 Å². The summed E-state index contributed by atoms with van der Waals surface area (Å²) < 4.78 is 5.02. The summed E-state index contributed by atoms with van der Waals surface area (Å²) in [7, 11) is 9.71. The van der Waals surface area contributed by atoms with Crippen LogP contribution in [0, 0.1) is 0 Å². The first-order valence-corrected chi connectivity index (χ1v) is 10.1. The average molecular weight is 427 g/mol. The van der Waals surface area contributed by atoms with Gasteiger partial charge >= 0.3 is 11.4 Å². The maximum Gasteiger partial charge on any atom is 0.330 e. The highest BCUT2D eigenvalue weighted by Crippen LogP contribution is 2.08. The minimum absolute atomic E-state index is 0.00412. The Bertz CT molecular complexity index is 1260. The normalized spacial score (nSPS) is 11.5. The highest BCUT2D eigenvalue weighted by molar-refractivity contribution is 5.71. The largest absolute Gasteiger partial charge is 0.330 e. The second kappa shape index (κ2) is 9.71. The van der Waals surface area contributed by atoms with Gasteiger partial charge < -0.3 is 14.8 Å². The summed E-state index contributed by atoms with van der Waals surface area (Å²) in [5.41, 5.74) is 3.06. The molecule has 0 atom stereocenters. The summed E-state index contributed by atoms with van der Waals surface area (Å²) in [4.78, 5) is 38.9. The first kappa shape index (κ1) is 22.4. The van der Waals surface area contributed by atoms with Crippen LogP contribution in [0.2, 0.25) is 0 Å². The van der Waals surface area contributed by atoms with Crippen LogP contribution >= 0.6 is 0 Å². The van der Waals surface area contributed by atoms with Crippen molar-refractivity contribution < 1.29 is 0 Å². The molecule has 0 fully saturated rings. The average Bonchev–Trinajstić information content (AvgIpc) is 3.19. The number of hydrogen-bond acceptors (Lipinski definition) is 6. The molecule has 4 aromatic heterocycles. The highest BCUT2D eigenvalue weighted by atomic mass is 16.2. The number of H-pyrrole nitrogens is 1. The van der Waals surface area contributed by atoms with Crippen LogP contribution in [0.1, 0.15) is 0 Å². The third kappa shape index (κ3) is 5.09. The van der Waals surface area contributed by atoms with Gasteiger partial charge in [-0.2, -0.15) is 0 Å². The van der Waals surface area contributed by atoms with E-state index in [2.05, 4.69) is 15.0 Å². The molecule has 10 nitrogen and oxygen atoms in total. The van der Waals surface area contributed by atoms with Crippen LogP contribution in [0.4, 0.5) is 0 Å². The zero-order valence-corrected chi connectivity index (χ0v) is 18.7. The summed E-state index contributed by atoms with van der Waals surface area (Å²) >= 11 is 0. The molecule has 0 spiro atoms. The predicted octanol–water partition coefficient (Wildman–Crippen LogP) is 0.583. The van der Waals surface area contributed by atoms with Crippen molar-refractivity contribution in [2.45, 2.75) is 13.1 Å². The number of likely N-dealkylation sites (N-methyl/N-ethyl adjacent to an activating group) is 2. The van der Waals surface area contributed by atoms with Crippen LogP contribution in [0.15, 0.2) is 46.2 Å². The Morgan fingerprint density at radius 3 is 2.10 bits per heavy atom. The Kier molecular flexibility index (Phi) is 7.03. The Morgan fingerprint density at radius 2 is 1.45 bits per heavy atom. The van der Waals surface area contributed by atoms with Gasteiger partial charge in [0, 0.05) is 45.6 Å². The van der Waals surface area contributed by atoms with Crippen LogP contribution in [-0.4, -0.2) is 79.7 Å². The van der Waals surface area contributed by atoms with Crippen LogP contribution in [0.3, 0.4) is 0 Å². The van der Waals surface area contributed by atoms with E-state index >= 15 is 0 Å². The van der Waals surface area contributed by atoms with Gasteiger partial charge in [0.2, 0.25) is 0 Å². The number of hydrogen-bond donors (Lipinski definition) is 1. The van der Waals surface area contributed by atoms with Gasteiger partial charge in [0.15, 0.2) is 11.3 Å². The van der Waals surface area contributed by atoms with Gasteiger partial charge in [-0.1, -0.05) is 0 Å². The van der Waals surface area contributed by atoms with Crippen molar-refractivity contribution in [3.8, 4) is 0 Å². The lowest BCUT2D eigenvalue weighted by Gasteiger charge is -2.09. The molecular formula is C21H30N8O2. The van der Waals surface area contributed by atoms with E-state index in [0.29, 0.717) is 13.1 Å². The topological polar surface area (TPSA) is 97.0 Å². The summed E-state index contributed by atoms with van der Waals surface area (Å²) in [6, 6.07) is 7.43. The number of rotatable bonds is 6. The Morgan fingerprint density at radius 1 is 0.871 bits per heavy atom. The molecule has 166 valence electrons. The molecule has 0 aliphatic carbocycles. The zero-order valence-electron chi connectivity index (χ0n) is 18.7. The van der Waals surface area contributed by atoms with E-state index in [4.69, 9.17) is 0 Å². The van der Waals surface area contributed by atoms with Gasteiger partial charge in [0.05, 0.1) is 11.0 Å². The molecule has 0 aromatic carbocycles.